The summed E-state index contributed by atoms with van der Waals surface area (Å²) in [6.07, 6.45) is 4.48. The lowest BCUT2D eigenvalue weighted by Crippen LogP contribution is -2.41. The van der Waals surface area contributed by atoms with E-state index in [1.165, 1.54) is 0 Å². The Morgan fingerprint density at radius 1 is 1.17 bits per heavy atom. The number of hydrogen-bond donors (Lipinski definition) is 2. The summed E-state index contributed by atoms with van der Waals surface area (Å²) in [6.45, 7) is 0.989. The molecule has 1 atom stereocenters. The molecule has 3 rings (SSSR count). The molecule has 30 heavy (non-hydrogen) atoms. The van der Waals surface area contributed by atoms with Crippen LogP contribution in [0, 0.1) is 0 Å². The van der Waals surface area contributed by atoms with Crippen LogP contribution < -0.4 is 10.1 Å². The highest BCUT2D eigenvalue weighted by atomic mass is 32.2. The van der Waals surface area contributed by atoms with E-state index in [1.807, 2.05) is 71.6 Å². The number of amides is 1. The molecule has 2 aromatic carbocycles. The largest absolute Gasteiger partial charge is 0.489 e. The number of nitrogens with one attached hydrogen (secondary N) is 1. The van der Waals surface area contributed by atoms with E-state index in [0.29, 0.717) is 25.3 Å². The van der Waals surface area contributed by atoms with Crippen LogP contribution in [0.1, 0.15) is 18.4 Å². The van der Waals surface area contributed by atoms with E-state index in [9.17, 15) is 14.7 Å². The van der Waals surface area contributed by atoms with Gasteiger partial charge in [0.1, 0.15) is 18.4 Å². The normalized spacial score (nSPS) is 11.9. The quantitative estimate of drug-likeness (QED) is 0.486. The third-order valence-electron chi connectivity index (χ3n) is 4.81. The zero-order chi connectivity index (χ0) is 21.3. The molecule has 1 amide bonds. The number of thioether (sulfide) groups is 1. The molecule has 0 aliphatic rings. The molecule has 1 aromatic heterocycles. The van der Waals surface area contributed by atoms with Gasteiger partial charge in [-0.25, -0.2) is 4.79 Å². The van der Waals surface area contributed by atoms with Gasteiger partial charge in [-0.05, 0) is 48.3 Å². The fraction of sp³-hybridized carbons (Fsp3) is 0.304. The van der Waals surface area contributed by atoms with Crippen LogP contribution in [0.25, 0.3) is 10.9 Å². The van der Waals surface area contributed by atoms with Crippen LogP contribution in [-0.2, 0) is 22.7 Å². The van der Waals surface area contributed by atoms with Gasteiger partial charge in [0, 0.05) is 30.1 Å². The Kier molecular flexibility index (Phi) is 7.79. The number of rotatable bonds is 11. The van der Waals surface area contributed by atoms with Gasteiger partial charge in [-0.15, -0.1) is 0 Å². The number of ether oxygens (including phenoxy) is 1. The summed E-state index contributed by atoms with van der Waals surface area (Å²) in [6, 6.07) is 17.0. The van der Waals surface area contributed by atoms with Crippen LogP contribution in [0.3, 0.4) is 0 Å². The molecule has 0 bridgehead atoms. The first-order chi connectivity index (χ1) is 14.6. The molecule has 0 spiro atoms. The molecule has 158 valence electrons. The van der Waals surface area contributed by atoms with E-state index in [4.69, 9.17) is 4.74 Å². The summed E-state index contributed by atoms with van der Waals surface area (Å²) in [5.41, 5.74) is 2.12. The molecule has 0 saturated heterocycles. The van der Waals surface area contributed by atoms with E-state index in [0.717, 1.165) is 22.2 Å². The van der Waals surface area contributed by atoms with Gasteiger partial charge < -0.3 is 19.7 Å². The molecule has 6 nitrogen and oxygen atoms in total. The third-order valence-corrected chi connectivity index (χ3v) is 5.46. The average Bonchev–Trinajstić information content (AvgIpc) is 3.16. The van der Waals surface area contributed by atoms with Crippen molar-refractivity contribution in [1.82, 2.24) is 9.88 Å². The van der Waals surface area contributed by atoms with Crippen LogP contribution in [0.2, 0.25) is 0 Å². The number of carbonyl (C=O) groups excluding carboxylic acids is 1. The van der Waals surface area contributed by atoms with E-state index < -0.39 is 12.0 Å². The van der Waals surface area contributed by atoms with Crippen molar-refractivity contribution in [2.75, 3.05) is 12.0 Å². The molecular formula is C23H26N2O4S. The van der Waals surface area contributed by atoms with Gasteiger partial charge in [-0.1, -0.05) is 30.3 Å². The van der Waals surface area contributed by atoms with E-state index >= 15 is 0 Å². The van der Waals surface area contributed by atoms with Gasteiger partial charge in [-0.2, -0.15) is 11.8 Å². The van der Waals surface area contributed by atoms with Crippen molar-refractivity contribution in [1.29, 1.82) is 0 Å². The summed E-state index contributed by atoms with van der Waals surface area (Å²) < 4.78 is 7.87. The van der Waals surface area contributed by atoms with Crippen molar-refractivity contribution in [3.05, 3.63) is 66.4 Å². The molecule has 0 radical (unpaired) electrons. The van der Waals surface area contributed by atoms with Gasteiger partial charge in [0.15, 0.2) is 0 Å². The number of fused-ring (bicyclic) bond motifs is 1. The van der Waals surface area contributed by atoms with E-state index in [-0.39, 0.29) is 12.3 Å². The maximum absolute atomic E-state index is 12.2. The molecule has 1 heterocycles. The van der Waals surface area contributed by atoms with Crippen molar-refractivity contribution < 1.29 is 19.4 Å². The summed E-state index contributed by atoms with van der Waals surface area (Å²) in [4.78, 5) is 23.5. The van der Waals surface area contributed by atoms with E-state index in [2.05, 4.69) is 5.32 Å². The molecule has 0 saturated carbocycles. The van der Waals surface area contributed by atoms with Gasteiger partial charge in [0.25, 0.3) is 0 Å². The molecule has 0 aliphatic carbocycles. The second-order valence-electron chi connectivity index (χ2n) is 6.99. The van der Waals surface area contributed by atoms with Crippen LogP contribution >= 0.6 is 11.8 Å². The van der Waals surface area contributed by atoms with Crippen LogP contribution in [-0.4, -0.2) is 39.6 Å². The smallest absolute Gasteiger partial charge is 0.326 e. The number of benzene rings is 2. The second-order valence-corrected chi connectivity index (χ2v) is 7.98. The topological polar surface area (TPSA) is 80.6 Å². The third kappa shape index (κ3) is 6.03. The lowest BCUT2D eigenvalue weighted by Gasteiger charge is -2.14. The predicted molar refractivity (Wildman–Crippen MR) is 120 cm³/mol. The van der Waals surface area contributed by atoms with Crippen molar-refractivity contribution in [3.8, 4) is 5.75 Å². The number of aliphatic carboxylic acids is 1. The first kappa shape index (κ1) is 21.8. The Morgan fingerprint density at radius 2 is 1.97 bits per heavy atom. The van der Waals surface area contributed by atoms with Crippen LogP contribution in [0.4, 0.5) is 0 Å². The van der Waals surface area contributed by atoms with Crippen molar-refractivity contribution in [3.63, 3.8) is 0 Å². The van der Waals surface area contributed by atoms with Gasteiger partial charge in [0.05, 0.1) is 0 Å². The van der Waals surface area contributed by atoms with Gasteiger partial charge in [-0.3, -0.25) is 4.79 Å². The maximum atomic E-state index is 12.2. The SMILES string of the molecule is CSCC[C@H](NC(=O)CCn1ccc2cc(OCc3ccccc3)ccc21)C(=O)O. The number of aryl methyl sites for hydroxylation is 1. The number of carboxylic acids is 1. The Hall–Kier alpha value is -2.93. The minimum Gasteiger partial charge on any atom is -0.489 e. The molecule has 0 aliphatic heterocycles. The second kappa shape index (κ2) is 10.7. The molecule has 7 heteroatoms. The lowest BCUT2D eigenvalue weighted by molar-refractivity contribution is -0.141. The monoisotopic (exact) mass is 426 g/mol. The molecule has 0 unspecified atom stereocenters. The first-order valence-electron chi connectivity index (χ1n) is 9.83. The molecular weight excluding hydrogens is 400 g/mol. The van der Waals surface area contributed by atoms with Crippen molar-refractivity contribution >= 4 is 34.5 Å². The summed E-state index contributed by atoms with van der Waals surface area (Å²) >= 11 is 1.56. The Balaban J connectivity index is 1.56. The fourth-order valence-corrected chi connectivity index (χ4v) is 3.66. The Bertz CT molecular complexity index is 987. The maximum Gasteiger partial charge on any atom is 0.326 e. The Labute approximate surface area is 180 Å². The summed E-state index contributed by atoms with van der Waals surface area (Å²) in [5.74, 6) is 0.230. The standard InChI is InChI=1S/C23H26N2O4S/c1-30-14-11-20(23(27)28)24-22(26)10-13-25-12-9-18-15-19(7-8-21(18)25)29-16-17-5-3-2-4-6-17/h2-9,12,15,20H,10-11,13-14,16H2,1H3,(H,24,26)(H,27,28)/t20-/m0/s1. The number of carboxylic acid groups (broad SMARTS) is 1. The Morgan fingerprint density at radius 3 is 2.70 bits per heavy atom. The van der Waals surface area contributed by atoms with E-state index in [1.54, 1.807) is 11.8 Å². The van der Waals surface area contributed by atoms with Crippen LogP contribution in [0.15, 0.2) is 60.8 Å². The van der Waals surface area contributed by atoms with Crippen molar-refractivity contribution in [2.45, 2.75) is 32.0 Å². The highest BCUT2D eigenvalue weighted by molar-refractivity contribution is 7.98. The minimum atomic E-state index is -0.994. The molecule has 3 aromatic rings. The predicted octanol–water partition coefficient (Wildman–Crippen LogP) is 3.93. The number of carbonyl (C=O) groups is 2. The van der Waals surface area contributed by atoms with Gasteiger partial charge >= 0.3 is 5.97 Å². The number of hydrogen-bond acceptors (Lipinski definition) is 4. The fourth-order valence-electron chi connectivity index (χ4n) is 3.19. The van der Waals surface area contributed by atoms with Gasteiger partial charge in [0.2, 0.25) is 5.91 Å². The highest BCUT2D eigenvalue weighted by Gasteiger charge is 2.19. The number of aromatic nitrogens is 1. The highest BCUT2D eigenvalue weighted by Crippen LogP contribution is 2.23. The minimum absolute atomic E-state index is 0.221. The van der Waals surface area contributed by atoms with Crippen LogP contribution in [0.5, 0.6) is 5.75 Å². The number of nitrogens with zero attached hydrogens (tertiary/aromatic N) is 1. The van der Waals surface area contributed by atoms with Crippen molar-refractivity contribution in [2.24, 2.45) is 0 Å². The average molecular weight is 427 g/mol. The molecule has 0 fully saturated rings. The lowest BCUT2D eigenvalue weighted by atomic mass is 10.2. The zero-order valence-corrected chi connectivity index (χ0v) is 17.7. The molecule has 2 N–H and O–H groups in total. The summed E-state index contributed by atoms with van der Waals surface area (Å²) in [5, 5.41) is 12.9. The summed E-state index contributed by atoms with van der Waals surface area (Å²) in [7, 11) is 0. The zero-order valence-electron chi connectivity index (χ0n) is 16.9. The first-order valence-corrected chi connectivity index (χ1v) is 11.2.